The number of aromatic nitrogens is 3. The molecule has 2 aromatic carbocycles. The molecule has 0 aliphatic carbocycles. The summed E-state index contributed by atoms with van der Waals surface area (Å²) in [4.78, 5) is 39.4. The highest BCUT2D eigenvalue weighted by Crippen LogP contribution is 2.38. The molecule has 10 nitrogen and oxygen atoms in total. The molecule has 42 heavy (non-hydrogen) atoms. The molecule has 6 rings (SSSR count). The van der Waals surface area contributed by atoms with Gasteiger partial charge in [-0.15, -0.1) is 0 Å². The van der Waals surface area contributed by atoms with E-state index in [4.69, 9.17) is 9.47 Å². The van der Waals surface area contributed by atoms with Gasteiger partial charge in [-0.05, 0) is 30.7 Å². The number of benzene rings is 2. The van der Waals surface area contributed by atoms with E-state index in [1.54, 1.807) is 19.2 Å². The number of rotatable bonds is 8. The number of methoxy groups -OCH3 is 1. The average Bonchev–Trinajstić information content (AvgIpc) is 3.35. The summed E-state index contributed by atoms with van der Waals surface area (Å²) in [5.74, 6) is -0.707. The fourth-order valence-electron chi connectivity index (χ4n) is 5.62. The Morgan fingerprint density at radius 2 is 1.88 bits per heavy atom. The maximum absolute atomic E-state index is 13.6. The van der Waals surface area contributed by atoms with E-state index < -0.39 is 17.5 Å². The molecule has 216 valence electrons. The molecule has 0 spiro atoms. The molecule has 0 saturated carbocycles. The number of fused-ring (bicyclic) bond motifs is 3. The van der Waals surface area contributed by atoms with Crippen molar-refractivity contribution in [3.8, 4) is 16.9 Å². The van der Waals surface area contributed by atoms with Gasteiger partial charge in [0.15, 0.2) is 5.82 Å². The van der Waals surface area contributed by atoms with Gasteiger partial charge in [0.2, 0.25) is 5.95 Å². The third-order valence-electron chi connectivity index (χ3n) is 7.66. The minimum Gasteiger partial charge on any atom is -0.489 e. The Kier molecular flexibility index (Phi) is 7.58. The van der Waals surface area contributed by atoms with Crippen LogP contribution in [0.15, 0.2) is 67.0 Å². The lowest BCUT2D eigenvalue weighted by atomic mass is 10.0. The number of ether oxygens (including phenoxy) is 2. The van der Waals surface area contributed by atoms with Crippen molar-refractivity contribution in [2.24, 2.45) is 0 Å². The van der Waals surface area contributed by atoms with Gasteiger partial charge >= 0.3 is 0 Å². The lowest BCUT2D eigenvalue weighted by Crippen LogP contribution is -2.57. The number of piperazine rings is 1. The van der Waals surface area contributed by atoms with Crippen molar-refractivity contribution < 1.29 is 23.5 Å². The van der Waals surface area contributed by atoms with Crippen molar-refractivity contribution in [1.82, 2.24) is 14.5 Å². The molecule has 0 radical (unpaired) electrons. The Hall–Kier alpha value is -4.77. The van der Waals surface area contributed by atoms with Crippen LogP contribution in [0, 0.1) is 12.7 Å². The summed E-state index contributed by atoms with van der Waals surface area (Å²) in [6.07, 6.45) is 2.34. The monoisotopic (exact) mass is 570 g/mol. The zero-order valence-corrected chi connectivity index (χ0v) is 23.4. The highest BCUT2D eigenvalue weighted by atomic mass is 19.1. The van der Waals surface area contributed by atoms with Crippen molar-refractivity contribution in [2.45, 2.75) is 19.5 Å². The van der Waals surface area contributed by atoms with Gasteiger partial charge in [0.05, 0.1) is 30.7 Å². The lowest BCUT2D eigenvalue weighted by molar-refractivity contribution is -0.112. The van der Waals surface area contributed by atoms with Crippen molar-refractivity contribution in [2.75, 3.05) is 55.1 Å². The van der Waals surface area contributed by atoms with Gasteiger partial charge in [-0.2, -0.15) is 0 Å². The van der Waals surface area contributed by atoms with E-state index in [1.165, 1.54) is 12.4 Å². The Morgan fingerprint density at radius 1 is 1.10 bits per heavy atom. The van der Waals surface area contributed by atoms with Crippen LogP contribution in [0.1, 0.15) is 16.2 Å². The second kappa shape index (κ2) is 11.6. The number of carbonyl (C=O) groups is 2. The smallest absolute Gasteiger partial charge is 0.298 e. The van der Waals surface area contributed by atoms with E-state index in [-0.39, 0.29) is 6.04 Å². The first-order chi connectivity index (χ1) is 20.4. The van der Waals surface area contributed by atoms with E-state index in [0.29, 0.717) is 68.0 Å². The Labute approximate surface area is 242 Å². The predicted molar refractivity (Wildman–Crippen MR) is 157 cm³/mol. The first-order valence-electron chi connectivity index (χ1n) is 13.8. The van der Waals surface area contributed by atoms with E-state index in [2.05, 4.69) is 20.2 Å². The molecular formula is C31H31FN6O4. The lowest BCUT2D eigenvalue weighted by Gasteiger charge is -2.45. The third kappa shape index (κ3) is 5.30. The van der Waals surface area contributed by atoms with Gasteiger partial charge in [0, 0.05) is 56.3 Å². The van der Waals surface area contributed by atoms with Crippen LogP contribution in [0.25, 0.3) is 11.1 Å². The summed E-state index contributed by atoms with van der Waals surface area (Å²) in [5, 5.41) is 2.78. The molecule has 1 fully saturated rings. The number of anilines is 3. The fraction of sp³-hybridized carbons (Fsp3) is 0.290. The van der Waals surface area contributed by atoms with Crippen LogP contribution in [-0.4, -0.2) is 72.2 Å². The molecule has 4 aromatic rings. The summed E-state index contributed by atoms with van der Waals surface area (Å²) < 4.78 is 26.4. The first kappa shape index (κ1) is 27.4. The summed E-state index contributed by atoms with van der Waals surface area (Å²) >= 11 is 0. The molecule has 0 unspecified atom stereocenters. The summed E-state index contributed by atoms with van der Waals surface area (Å²) in [6, 6.07) is 17.0. The maximum atomic E-state index is 13.6. The largest absolute Gasteiger partial charge is 0.489 e. The number of hydrogen-bond acceptors (Lipinski definition) is 8. The minimum absolute atomic E-state index is 0.0569. The summed E-state index contributed by atoms with van der Waals surface area (Å²) in [5.41, 5.74) is 4.13. The Morgan fingerprint density at radius 3 is 2.64 bits per heavy atom. The van der Waals surface area contributed by atoms with Crippen LogP contribution in [0.2, 0.25) is 0 Å². The first-order valence-corrected chi connectivity index (χ1v) is 13.8. The normalized spacial score (nSPS) is 15.9. The number of nitrogens with one attached hydrogen (secondary N) is 1. The number of amides is 1. The van der Waals surface area contributed by atoms with Gasteiger partial charge in [0.25, 0.3) is 11.7 Å². The van der Waals surface area contributed by atoms with E-state index in [9.17, 15) is 14.0 Å². The standard InChI is InChI=1S/C31H31FN6O4/c1-20-14-25(21-6-4-3-5-7-21)28(37(20)12-13-41-2)29(39)30(40)35-23-8-9-26-27(15-23)42-19-24-18-36(10-11-38(24)26)31-33-16-22(32)17-34-31/h3-9,14-17,24H,10-13,18-19H2,1-2H3,(H,35,40)/t24-/m0/s1. The van der Waals surface area contributed by atoms with Crippen molar-refractivity contribution in [3.63, 3.8) is 0 Å². The highest BCUT2D eigenvalue weighted by molar-refractivity contribution is 6.47. The molecular weight excluding hydrogens is 539 g/mol. The zero-order valence-electron chi connectivity index (χ0n) is 23.4. The Balaban J connectivity index is 1.19. The van der Waals surface area contributed by atoms with Gasteiger partial charge in [-0.3, -0.25) is 9.59 Å². The number of Topliss-reactive ketones (excluding diaryl/α,β-unsaturated/α-hetero) is 1. The molecule has 2 aromatic heterocycles. The molecule has 2 aliphatic heterocycles. The molecule has 1 atom stereocenters. The Bertz CT molecular complexity index is 1610. The van der Waals surface area contributed by atoms with Crippen LogP contribution < -0.4 is 19.9 Å². The maximum Gasteiger partial charge on any atom is 0.298 e. The molecule has 1 saturated heterocycles. The predicted octanol–water partition coefficient (Wildman–Crippen LogP) is 3.95. The summed E-state index contributed by atoms with van der Waals surface area (Å²) in [7, 11) is 1.60. The SMILES string of the molecule is COCCn1c(C)cc(-c2ccccc2)c1C(=O)C(=O)Nc1ccc2c(c1)OC[C@@H]1CN(c3ncc(F)cn3)CCN21. The van der Waals surface area contributed by atoms with Crippen LogP contribution in [0.3, 0.4) is 0 Å². The van der Waals surface area contributed by atoms with Crippen molar-refractivity contribution in [3.05, 3.63) is 84.2 Å². The highest BCUT2D eigenvalue weighted by Gasteiger charge is 2.34. The molecule has 1 amide bonds. The summed E-state index contributed by atoms with van der Waals surface area (Å²) in [6.45, 7) is 5.18. The molecule has 1 N–H and O–H groups in total. The molecule has 0 bridgehead atoms. The minimum atomic E-state index is -0.731. The number of ketones is 1. The van der Waals surface area contributed by atoms with Gasteiger partial charge in [-0.25, -0.2) is 14.4 Å². The topological polar surface area (TPSA) is 102 Å². The van der Waals surface area contributed by atoms with Crippen molar-refractivity contribution in [1.29, 1.82) is 0 Å². The van der Waals surface area contributed by atoms with E-state index >= 15 is 0 Å². The van der Waals surface area contributed by atoms with Crippen LogP contribution >= 0.6 is 0 Å². The van der Waals surface area contributed by atoms with E-state index in [0.717, 1.165) is 16.9 Å². The van der Waals surface area contributed by atoms with Crippen LogP contribution in [-0.2, 0) is 16.1 Å². The van der Waals surface area contributed by atoms with E-state index in [1.807, 2.05) is 58.9 Å². The van der Waals surface area contributed by atoms with Crippen molar-refractivity contribution >= 4 is 29.0 Å². The molecule has 2 aliphatic rings. The second-order valence-corrected chi connectivity index (χ2v) is 10.3. The fourth-order valence-corrected chi connectivity index (χ4v) is 5.62. The molecule has 4 heterocycles. The quantitative estimate of drug-likeness (QED) is 0.251. The number of hydrogen-bond donors (Lipinski definition) is 1. The molecule has 11 heteroatoms. The van der Waals surface area contributed by atoms with Gasteiger partial charge in [0.1, 0.15) is 18.1 Å². The van der Waals surface area contributed by atoms with Crippen LogP contribution in [0.4, 0.5) is 21.7 Å². The number of aryl methyl sites for hydroxylation is 1. The second-order valence-electron chi connectivity index (χ2n) is 10.3. The number of nitrogens with zero attached hydrogens (tertiary/aromatic N) is 5. The number of halogens is 1. The third-order valence-corrected chi connectivity index (χ3v) is 7.66. The van der Waals surface area contributed by atoms with Crippen LogP contribution in [0.5, 0.6) is 5.75 Å². The zero-order chi connectivity index (χ0) is 29.2. The number of carbonyl (C=O) groups excluding carboxylic acids is 2. The average molecular weight is 571 g/mol. The van der Waals surface area contributed by atoms with Gasteiger partial charge in [-0.1, -0.05) is 30.3 Å². The van der Waals surface area contributed by atoms with Gasteiger partial charge < -0.3 is 29.2 Å².